The lowest BCUT2D eigenvalue weighted by Crippen LogP contribution is -2.14. The number of nitrogens with one attached hydrogen (secondary N) is 1. The van der Waals surface area contributed by atoms with E-state index in [2.05, 4.69) is 26.1 Å². The molecule has 0 fully saturated rings. The topological polar surface area (TPSA) is 38.0 Å². The Morgan fingerprint density at radius 2 is 1.42 bits per heavy atom. The fourth-order valence-corrected chi connectivity index (χ4v) is 0.683. The predicted octanol–water partition coefficient (Wildman–Crippen LogP) is 2.14. The minimum Gasteiger partial charge on any atom is -0.330 e. The molecular formula is C10H26N2. The molecule has 0 rings (SSSR count). The van der Waals surface area contributed by atoms with Gasteiger partial charge in [0.05, 0.1) is 0 Å². The monoisotopic (exact) mass is 174 g/mol. The van der Waals surface area contributed by atoms with Crippen LogP contribution < -0.4 is 11.1 Å². The molecule has 0 radical (unpaired) electrons. The molecule has 0 aromatic carbocycles. The SMILES string of the molecule is CCCCN.CCCNCCC. The van der Waals surface area contributed by atoms with Crippen molar-refractivity contribution in [2.45, 2.75) is 46.5 Å². The first-order valence-electron chi connectivity index (χ1n) is 5.24. The highest BCUT2D eigenvalue weighted by molar-refractivity contribution is 4.39. The van der Waals surface area contributed by atoms with Crippen molar-refractivity contribution in [3.8, 4) is 0 Å². The van der Waals surface area contributed by atoms with Crippen molar-refractivity contribution in [2.24, 2.45) is 5.73 Å². The summed E-state index contributed by atoms with van der Waals surface area (Å²) in [7, 11) is 0. The molecule has 0 heterocycles. The van der Waals surface area contributed by atoms with Gasteiger partial charge in [-0.3, -0.25) is 0 Å². The molecule has 2 nitrogen and oxygen atoms in total. The molecule has 2 heteroatoms. The third-order valence-electron chi connectivity index (χ3n) is 1.41. The van der Waals surface area contributed by atoms with Crippen molar-refractivity contribution in [3.63, 3.8) is 0 Å². The van der Waals surface area contributed by atoms with Gasteiger partial charge in [-0.25, -0.2) is 0 Å². The van der Waals surface area contributed by atoms with Crippen LogP contribution in [0.15, 0.2) is 0 Å². The fraction of sp³-hybridized carbons (Fsp3) is 1.00. The van der Waals surface area contributed by atoms with E-state index >= 15 is 0 Å². The van der Waals surface area contributed by atoms with Crippen LogP contribution in [0.25, 0.3) is 0 Å². The maximum Gasteiger partial charge on any atom is -0.00516 e. The van der Waals surface area contributed by atoms with Gasteiger partial charge < -0.3 is 11.1 Å². The maximum atomic E-state index is 5.14. The van der Waals surface area contributed by atoms with E-state index in [-0.39, 0.29) is 0 Å². The second-order valence-electron chi connectivity index (χ2n) is 2.89. The molecule has 3 N–H and O–H groups in total. The molecule has 0 amide bonds. The van der Waals surface area contributed by atoms with E-state index in [0.29, 0.717) is 0 Å². The predicted molar refractivity (Wildman–Crippen MR) is 57.4 cm³/mol. The van der Waals surface area contributed by atoms with Crippen LogP contribution in [0.3, 0.4) is 0 Å². The Hall–Kier alpha value is -0.0800. The summed E-state index contributed by atoms with van der Waals surface area (Å²) in [5, 5.41) is 3.28. The highest BCUT2D eigenvalue weighted by Gasteiger charge is 1.76. The number of rotatable bonds is 6. The van der Waals surface area contributed by atoms with Gasteiger partial charge in [0.1, 0.15) is 0 Å². The van der Waals surface area contributed by atoms with E-state index in [1.807, 2.05) is 0 Å². The summed E-state index contributed by atoms with van der Waals surface area (Å²) in [6, 6.07) is 0. The smallest absolute Gasteiger partial charge is 0.00516 e. The molecular weight excluding hydrogens is 148 g/mol. The van der Waals surface area contributed by atoms with Gasteiger partial charge >= 0.3 is 0 Å². The molecule has 0 bridgehead atoms. The Morgan fingerprint density at radius 3 is 1.58 bits per heavy atom. The normalized spacial score (nSPS) is 9.00. The van der Waals surface area contributed by atoms with E-state index in [1.54, 1.807) is 0 Å². The standard InChI is InChI=1S/C6H15N.C4H11N/c1-3-5-7-6-4-2;1-2-3-4-5/h7H,3-6H2,1-2H3;2-5H2,1H3. The highest BCUT2D eigenvalue weighted by atomic mass is 14.8. The zero-order chi connectivity index (χ0) is 9.66. The third kappa shape index (κ3) is 22.5. The lowest BCUT2D eigenvalue weighted by Gasteiger charge is -1.95. The summed E-state index contributed by atoms with van der Waals surface area (Å²) < 4.78 is 0. The first kappa shape index (κ1) is 14.4. The molecule has 0 spiro atoms. The van der Waals surface area contributed by atoms with Crippen molar-refractivity contribution >= 4 is 0 Å². The zero-order valence-electron chi connectivity index (χ0n) is 9.03. The Morgan fingerprint density at radius 1 is 0.917 bits per heavy atom. The summed E-state index contributed by atoms with van der Waals surface area (Å²) in [4.78, 5) is 0. The summed E-state index contributed by atoms with van der Waals surface area (Å²) in [6.45, 7) is 9.69. The van der Waals surface area contributed by atoms with Crippen LogP contribution in [-0.2, 0) is 0 Å². The minimum absolute atomic E-state index is 0.844. The van der Waals surface area contributed by atoms with Crippen molar-refractivity contribution < 1.29 is 0 Å². The van der Waals surface area contributed by atoms with Gasteiger partial charge in [-0.05, 0) is 38.9 Å². The molecule has 0 aromatic rings. The molecule has 0 aliphatic carbocycles. The Bertz CT molecular complexity index is 49.8. The summed E-state index contributed by atoms with van der Waals surface area (Å²) >= 11 is 0. The van der Waals surface area contributed by atoms with E-state index in [1.165, 1.54) is 38.8 Å². The molecule has 0 aliphatic rings. The lowest BCUT2D eigenvalue weighted by atomic mass is 10.3. The molecule has 0 saturated heterocycles. The van der Waals surface area contributed by atoms with Gasteiger partial charge in [-0.1, -0.05) is 27.2 Å². The maximum absolute atomic E-state index is 5.14. The van der Waals surface area contributed by atoms with Crippen molar-refractivity contribution in [1.29, 1.82) is 0 Å². The Labute approximate surface area is 77.9 Å². The second kappa shape index (κ2) is 17.1. The van der Waals surface area contributed by atoms with Gasteiger partial charge in [0.25, 0.3) is 0 Å². The zero-order valence-corrected chi connectivity index (χ0v) is 9.03. The largest absolute Gasteiger partial charge is 0.330 e. The Balaban J connectivity index is 0. The van der Waals surface area contributed by atoms with Gasteiger partial charge in [0.15, 0.2) is 0 Å². The average molecular weight is 174 g/mol. The molecule has 0 aliphatic heterocycles. The summed E-state index contributed by atoms with van der Waals surface area (Å²) in [5.74, 6) is 0. The third-order valence-corrected chi connectivity index (χ3v) is 1.41. The van der Waals surface area contributed by atoms with E-state index in [9.17, 15) is 0 Å². The first-order chi connectivity index (χ1) is 5.83. The van der Waals surface area contributed by atoms with Crippen LogP contribution in [0.4, 0.5) is 0 Å². The van der Waals surface area contributed by atoms with Gasteiger partial charge in [-0.15, -0.1) is 0 Å². The van der Waals surface area contributed by atoms with Crippen molar-refractivity contribution in [3.05, 3.63) is 0 Å². The second-order valence-corrected chi connectivity index (χ2v) is 2.89. The number of unbranched alkanes of at least 4 members (excludes halogenated alkanes) is 1. The van der Waals surface area contributed by atoms with Crippen LogP contribution in [0, 0.1) is 0 Å². The Kier molecular flexibility index (Phi) is 20.6. The summed E-state index contributed by atoms with van der Waals surface area (Å²) in [5.41, 5.74) is 5.14. The minimum atomic E-state index is 0.844. The number of hydrogen-bond acceptors (Lipinski definition) is 2. The molecule has 76 valence electrons. The first-order valence-corrected chi connectivity index (χ1v) is 5.24. The molecule has 0 unspecified atom stereocenters. The average Bonchev–Trinajstić information content (AvgIpc) is 2.08. The highest BCUT2D eigenvalue weighted by Crippen LogP contribution is 1.77. The fourth-order valence-electron chi connectivity index (χ4n) is 0.683. The van der Waals surface area contributed by atoms with Crippen molar-refractivity contribution in [2.75, 3.05) is 19.6 Å². The van der Waals surface area contributed by atoms with Crippen LogP contribution in [0.1, 0.15) is 46.5 Å². The van der Waals surface area contributed by atoms with Crippen LogP contribution in [0.5, 0.6) is 0 Å². The molecule has 12 heavy (non-hydrogen) atoms. The van der Waals surface area contributed by atoms with E-state index in [0.717, 1.165) is 6.54 Å². The number of hydrogen-bond donors (Lipinski definition) is 2. The quantitative estimate of drug-likeness (QED) is 0.605. The van der Waals surface area contributed by atoms with Crippen molar-refractivity contribution in [1.82, 2.24) is 5.32 Å². The number of nitrogens with two attached hydrogens (primary N) is 1. The molecule has 0 aromatic heterocycles. The van der Waals surface area contributed by atoms with Crippen LogP contribution >= 0.6 is 0 Å². The van der Waals surface area contributed by atoms with Gasteiger partial charge in [-0.2, -0.15) is 0 Å². The van der Waals surface area contributed by atoms with Crippen LogP contribution in [0.2, 0.25) is 0 Å². The molecule has 0 atom stereocenters. The molecule has 0 saturated carbocycles. The summed E-state index contributed by atoms with van der Waals surface area (Å²) in [6.07, 6.45) is 4.89. The van der Waals surface area contributed by atoms with Crippen LogP contribution in [-0.4, -0.2) is 19.6 Å². The van der Waals surface area contributed by atoms with E-state index in [4.69, 9.17) is 5.73 Å². The van der Waals surface area contributed by atoms with Gasteiger partial charge in [0.2, 0.25) is 0 Å². The van der Waals surface area contributed by atoms with E-state index < -0.39 is 0 Å². The lowest BCUT2D eigenvalue weighted by molar-refractivity contribution is 0.662. The van der Waals surface area contributed by atoms with Gasteiger partial charge in [0, 0.05) is 0 Å².